The minimum Gasteiger partial charge on any atom is -0.497 e. The molecule has 0 unspecified atom stereocenters. The van der Waals surface area contributed by atoms with E-state index in [9.17, 15) is 9.59 Å². The van der Waals surface area contributed by atoms with Crippen LogP contribution < -0.4 is 25.6 Å². The van der Waals surface area contributed by atoms with Crippen molar-refractivity contribution in [1.82, 2.24) is 20.5 Å². The zero-order valence-corrected chi connectivity index (χ0v) is 24.4. The highest BCUT2D eigenvalue weighted by Crippen LogP contribution is 2.31. The molecule has 41 heavy (non-hydrogen) atoms. The van der Waals surface area contributed by atoms with E-state index in [4.69, 9.17) is 9.84 Å². The maximum Gasteiger partial charge on any atom is 0.267 e. The van der Waals surface area contributed by atoms with Gasteiger partial charge in [-0.15, -0.1) is 0 Å². The molecule has 5 rings (SSSR count). The predicted octanol–water partition coefficient (Wildman–Crippen LogP) is 3.55. The van der Waals surface area contributed by atoms with Gasteiger partial charge in [-0.25, -0.2) is 0 Å². The zero-order valence-electron chi connectivity index (χ0n) is 24.4. The van der Waals surface area contributed by atoms with E-state index >= 15 is 0 Å². The molecule has 1 aromatic heterocycles. The summed E-state index contributed by atoms with van der Waals surface area (Å²) in [5.41, 5.74) is 5.90. The van der Waals surface area contributed by atoms with Crippen LogP contribution in [-0.4, -0.2) is 66.9 Å². The maximum atomic E-state index is 13.5. The first-order chi connectivity index (χ1) is 19.7. The monoisotopic (exact) mass is 559 g/mol. The summed E-state index contributed by atoms with van der Waals surface area (Å²) in [6.07, 6.45) is 4.83. The summed E-state index contributed by atoms with van der Waals surface area (Å²) in [6.45, 7) is 6.32. The lowest BCUT2D eigenvalue weighted by molar-refractivity contribution is 0.0932. The first-order valence-corrected chi connectivity index (χ1v) is 14.4. The number of benzene rings is 2. The molecule has 9 nitrogen and oxygen atoms in total. The van der Waals surface area contributed by atoms with Crippen molar-refractivity contribution in [1.29, 1.82) is 0 Å². The summed E-state index contributed by atoms with van der Waals surface area (Å²) in [7, 11) is 3.45. The Balaban J connectivity index is 1.34. The number of anilines is 1. The summed E-state index contributed by atoms with van der Waals surface area (Å²) >= 11 is 0. The summed E-state index contributed by atoms with van der Waals surface area (Å²) < 4.78 is 7.38. The number of fused-ring (bicyclic) bond motifs is 2. The molecular weight excluding hydrogens is 518 g/mol. The Morgan fingerprint density at radius 3 is 2.54 bits per heavy atom. The molecule has 2 bridgehead atoms. The van der Waals surface area contributed by atoms with Crippen molar-refractivity contribution >= 4 is 17.5 Å². The molecule has 2 amide bonds. The van der Waals surface area contributed by atoms with Gasteiger partial charge in [0.1, 0.15) is 11.4 Å². The van der Waals surface area contributed by atoms with Crippen molar-refractivity contribution in [3.63, 3.8) is 0 Å². The summed E-state index contributed by atoms with van der Waals surface area (Å²) in [6, 6.07) is 14.7. The second-order valence-corrected chi connectivity index (χ2v) is 11.3. The Labute approximate surface area is 241 Å². The Morgan fingerprint density at radius 2 is 1.83 bits per heavy atom. The minimum atomic E-state index is -0.278. The number of rotatable bonds is 10. The number of carbonyl (C=O) groups excluding carboxylic acids is 2. The van der Waals surface area contributed by atoms with Crippen LogP contribution in [0.3, 0.4) is 0 Å². The summed E-state index contributed by atoms with van der Waals surface area (Å²) in [5, 5.41) is 18.7. The van der Waals surface area contributed by atoms with Gasteiger partial charge in [-0.05, 0) is 86.2 Å². The maximum absolute atomic E-state index is 13.5. The van der Waals surface area contributed by atoms with E-state index in [1.54, 1.807) is 11.7 Å². The standard InChI is InChI=1S/C32H41N5O4/c1-20-6-9-27(37-18-25-7-8-26(19-37)35-25)16-29(20)31(39)34-21(2)22-12-23(14-28(13-22)41-4)24-15-30(36(3)17-24)32(40)33-10-5-11-38/h6,9,12-17,21,25-26,35,38H,5,7-8,10-11,18-19H2,1-4H3,(H,33,40)(H,34,39)/t21-,25-,26+/m1/s1. The number of nitrogens with one attached hydrogen (secondary N) is 3. The number of methoxy groups -OCH3 is 1. The fraction of sp³-hybridized carbons (Fsp3) is 0.438. The van der Waals surface area contributed by atoms with E-state index < -0.39 is 0 Å². The highest BCUT2D eigenvalue weighted by atomic mass is 16.5. The van der Waals surface area contributed by atoms with Gasteiger partial charge in [0, 0.05) is 68.4 Å². The van der Waals surface area contributed by atoms with Crippen molar-refractivity contribution in [2.75, 3.05) is 38.3 Å². The molecule has 2 aliphatic heterocycles. The number of aliphatic hydroxyl groups is 1. The van der Waals surface area contributed by atoms with Crippen molar-refractivity contribution in [2.24, 2.45) is 7.05 Å². The molecular formula is C32H41N5O4. The fourth-order valence-corrected chi connectivity index (χ4v) is 5.89. The lowest BCUT2D eigenvalue weighted by Crippen LogP contribution is -2.51. The highest BCUT2D eigenvalue weighted by molar-refractivity contribution is 5.97. The van der Waals surface area contributed by atoms with Crippen molar-refractivity contribution < 1.29 is 19.4 Å². The number of carbonyl (C=O) groups is 2. The Kier molecular flexibility index (Phi) is 8.65. The zero-order chi connectivity index (χ0) is 29.1. The first kappa shape index (κ1) is 28.7. The number of ether oxygens (including phenoxy) is 1. The van der Waals surface area contributed by atoms with Crippen molar-refractivity contribution in [2.45, 2.75) is 51.2 Å². The summed E-state index contributed by atoms with van der Waals surface area (Å²) in [5.74, 6) is 0.366. The molecule has 0 aliphatic carbocycles. The smallest absolute Gasteiger partial charge is 0.267 e. The van der Waals surface area contributed by atoms with Crippen LogP contribution in [0.15, 0.2) is 48.7 Å². The van der Waals surface area contributed by atoms with E-state index in [0.29, 0.717) is 42.1 Å². The van der Waals surface area contributed by atoms with Crippen LogP contribution in [0.25, 0.3) is 11.1 Å². The van der Waals surface area contributed by atoms with Crippen LogP contribution in [0.1, 0.15) is 64.2 Å². The molecule has 3 atom stereocenters. The van der Waals surface area contributed by atoms with Crippen LogP contribution in [0.4, 0.5) is 5.69 Å². The number of nitrogens with zero attached hydrogens (tertiary/aromatic N) is 2. The van der Waals surface area contributed by atoms with E-state index in [1.165, 1.54) is 12.8 Å². The fourth-order valence-electron chi connectivity index (χ4n) is 5.89. The second kappa shape index (κ2) is 12.4. The highest BCUT2D eigenvalue weighted by Gasteiger charge is 2.32. The Bertz CT molecular complexity index is 1410. The summed E-state index contributed by atoms with van der Waals surface area (Å²) in [4.78, 5) is 28.6. The van der Waals surface area contributed by atoms with Crippen LogP contribution in [0.5, 0.6) is 5.75 Å². The van der Waals surface area contributed by atoms with Gasteiger partial charge in [0.05, 0.1) is 13.2 Å². The van der Waals surface area contributed by atoms with E-state index in [-0.39, 0.29) is 24.5 Å². The Morgan fingerprint density at radius 1 is 1.07 bits per heavy atom. The SMILES string of the molecule is COc1cc(-c2cc(C(=O)NCCCO)n(C)c2)cc([C@@H](C)NC(=O)c2cc(N3C[C@H]4CC[C@@H](C3)N4)ccc2C)c1. The predicted molar refractivity (Wildman–Crippen MR) is 161 cm³/mol. The Hall–Kier alpha value is -3.82. The van der Waals surface area contributed by atoms with E-state index in [1.807, 2.05) is 63.5 Å². The molecule has 2 fully saturated rings. The van der Waals surface area contributed by atoms with Gasteiger partial charge in [0.25, 0.3) is 11.8 Å². The van der Waals surface area contributed by atoms with Gasteiger partial charge in [-0.3, -0.25) is 9.59 Å². The molecule has 3 heterocycles. The van der Waals surface area contributed by atoms with Crippen LogP contribution in [0.2, 0.25) is 0 Å². The molecule has 2 aromatic carbocycles. The lowest BCUT2D eigenvalue weighted by atomic mass is 10.00. The average Bonchev–Trinajstić information content (AvgIpc) is 3.53. The largest absolute Gasteiger partial charge is 0.497 e. The number of aliphatic hydroxyl groups excluding tert-OH is 1. The van der Waals surface area contributed by atoms with Crippen molar-refractivity contribution in [3.05, 3.63) is 71.0 Å². The average molecular weight is 560 g/mol. The number of aryl methyl sites for hydroxylation is 2. The quantitative estimate of drug-likeness (QED) is 0.283. The lowest BCUT2D eigenvalue weighted by Gasteiger charge is -2.35. The molecule has 0 saturated carbocycles. The molecule has 2 saturated heterocycles. The number of hydrogen-bond donors (Lipinski definition) is 4. The molecule has 3 aromatic rings. The minimum absolute atomic E-state index is 0.0297. The number of amides is 2. The van der Waals surface area contributed by atoms with E-state index in [2.05, 4.69) is 26.9 Å². The molecule has 218 valence electrons. The molecule has 0 radical (unpaired) electrons. The third-order valence-electron chi connectivity index (χ3n) is 8.25. The van der Waals surface area contributed by atoms with E-state index in [0.717, 1.165) is 41.0 Å². The van der Waals surface area contributed by atoms with Crippen LogP contribution in [-0.2, 0) is 7.05 Å². The topological polar surface area (TPSA) is 108 Å². The number of piperazine rings is 1. The molecule has 0 spiro atoms. The number of aromatic nitrogens is 1. The van der Waals surface area contributed by atoms with Gasteiger partial charge in [0.15, 0.2) is 0 Å². The van der Waals surface area contributed by atoms with Crippen LogP contribution in [0, 0.1) is 6.92 Å². The molecule has 2 aliphatic rings. The van der Waals surface area contributed by atoms with Crippen molar-refractivity contribution in [3.8, 4) is 16.9 Å². The van der Waals surface area contributed by atoms with Gasteiger partial charge >= 0.3 is 0 Å². The van der Waals surface area contributed by atoms with Gasteiger partial charge in [0.2, 0.25) is 0 Å². The van der Waals surface area contributed by atoms with Crippen LogP contribution >= 0.6 is 0 Å². The molecule has 4 N–H and O–H groups in total. The third kappa shape index (κ3) is 6.41. The molecule has 9 heteroatoms. The number of hydrogen-bond acceptors (Lipinski definition) is 6. The first-order valence-electron chi connectivity index (χ1n) is 14.4. The second-order valence-electron chi connectivity index (χ2n) is 11.3. The third-order valence-corrected chi connectivity index (χ3v) is 8.25. The van der Waals surface area contributed by atoms with Gasteiger partial charge < -0.3 is 35.3 Å². The van der Waals surface area contributed by atoms with Gasteiger partial charge in [-0.1, -0.05) is 6.07 Å². The normalized spacial score (nSPS) is 18.7. The van der Waals surface area contributed by atoms with Gasteiger partial charge in [-0.2, -0.15) is 0 Å².